The van der Waals surface area contributed by atoms with Gasteiger partial charge >= 0.3 is 0 Å². The largest absolute Gasteiger partial charge is 0.494 e. The standard InChI is InChI=1S/C31H37N3O2/c1-24-16-18-27(23-25(24)2)36-22-9-8-21-34-29-14-7-6-13-28(29)33-30(34)15-10-20-32-31(35)19-17-26-11-4-3-5-12-26/h3-7,11-14,16,18,23H,8-10,15,17,19-22H2,1-2H3,(H,32,35). The molecule has 0 radical (unpaired) electrons. The van der Waals surface area contributed by atoms with Crippen LogP contribution in [0.4, 0.5) is 0 Å². The first kappa shape index (κ1) is 25.5. The van der Waals surface area contributed by atoms with Gasteiger partial charge in [0.25, 0.3) is 0 Å². The van der Waals surface area contributed by atoms with Gasteiger partial charge in [0.05, 0.1) is 17.6 Å². The van der Waals surface area contributed by atoms with Crippen LogP contribution in [0.25, 0.3) is 11.0 Å². The van der Waals surface area contributed by atoms with Gasteiger partial charge < -0.3 is 14.6 Å². The first-order valence-electron chi connectivity index (χ1n) is 13.0. The number of carbonyl (C=O) groups excluding carboxylic acids is 1. The van der Waals surface area contributed by atoms with Crippen molar-refractivity contribution < 1.29 is 9.53 Å². The zero-order valence-electron chi connectivity index (χ0n) is 21.5. The Kier molecular flexibility index (Phi) is 9.15. The lowest BCUT2D eigenvalue weighted by Gasteiger charge is -2.11. The number of para-hydroxylation sites is 2. The monoisotopic (exact) mass is 483 g/mol. The molecule has 3 aromatic carbocycles. The lowest BCUT2D eigenvalue weighted by Crippen LogP contribution is -2.25. The molecule has 4 aromatic rings. The summed E-state index contributed by atoms with van der Waals surface area (Å²) < 4.78 is 8.30. The lowest BCUT2D eigenvalue weighted by molar-refractivity contribution is -0.121. The van der Waals surface area contributed by atoms with Crippen LogP contribution in [0, 0.1) is 13.8 Å². The molecule has 0 aliphatic heterocycles. The van der Waals surface area contributed by atoms with Gasteiger partial charge in [0.1, 0.15) is 11.6 Å². The fourth-order valence-electron chi connectivity index (χ4n) is 4.40. The van der Waals surface area contributed by atoms with Crippen LogP contribution < -0.4 is 10.1 Å². The van der Waals surface area contributed by atoms with Crippen molar-refractivity contribution >= 4 is 16.9 Å². The second kappa shape index (κ2) is 12.9. The van der Waals surface area contributed by atoms with E-state index in [1.54, 1.807) is 0 Å². The molecule has 0 unspecified atom stereocenters. The van der Waals surface area contributed by atoms with Crippen LogP contribution in [-0.4, -0.2) is 28.6 Å². The van der Waals surface area contributed by atoms with Crippen molar-refractivity contribution in [1.82, 2.24) is 14.9 Å². The van der Waals surface area contributed by atoms with Crippen LogP contribution in [0.1, 0.15) is 48.2 Å². The molecule has 5 heteroatoms. The molecule has 1 heterocycles. The van der Waals surface area contributed by atoms with Gasteiger partial charge in [-0.2, -0.15) is 0 Å². The SMILES string of the molecule is Cc1ccc(OCCCCn2c(CCCNC(=O)CCc3ccccc3)nc3ccccc32)cc1C. The second-order valence-electron chi connectivity index (χ2n) is 9.41. The highest BCUT2D eigenvalue weighted by atomic mass is 16.5. The summed E-state index contributed by atoms with van der Waals surface area (Å²) in [5, 5.41) is 3.07. The summed E-state index contributed by atoms with van der Waals surface area (Å²) >= 11 is 0. The number of nitrogens with one attached hydrogen (secondary N) is 1. The fraction of sp³-hybridized carbons (Fsp3) is 0.355. The molecule has 0 saturated heterocycles. The number of unbranched alkanes of at least 4 members (excludes halogenated alkanes) is 1. The van der Waals surface area contributed by atoms with Crippen LogP contribution >= 0.6 is 0 Å². The van der Waals surface area contributed by atoms with E-state index in [4.69, 9.17) is 9.72 Å². The normalized spacial score (nSPS) is 11.1. The summed E-state index contributed by atoms with van der Waals surface area (Å²) in [6.07, 6.45) is 5.01. The maximum atomic E-state index is 12.2. The fourth-order valence-corrected chi connectivity index (χ4v) is 4.40. The number of aromatic nitrogens is 2. The van der Waals surface area contributed by atoms with Crippen molar-refractivity contribution in [2.24, 2.45) is 0 Å². The summed E-state index contributed by atoms with van der Waals surface area (Å²) in [5.74, 6) is 2.14. The average Bonchev–Trinajstić information content (AvgIpc) is 3.25. The molecular weight excluding hydrogens is 446 g/mol. The number of benzene rings is 3. The van der Waals surface area contributed by atoms with Gasteiger partial charge in [-0.15, -0.1) is 0 Å². The van der Waals surface area contributed by atoms with Crippen LogP contribution in [-0.2, 0) is 24.2 Å². The number of fused-ring (bicyclic) bond motifs is 1. The Morgan fingerprint density at radius 2 is 1.69 bits per heavy atom. The van der Waals surface area contributed by atoms with E-state index in [-0.39, 0.29) is 5.91 Å². The second-order valence-corrected chi connectivity index (χ2v) is 9.41. The number of aryl methyl sites for hydroxylation is 5. The van der Waals surface area contributed by atoms with E-state index in [1.807, 2.05) is 30.3 Å². The molecule has 0 bridgehead atoms. The molecule has 0 spiro atoms. The quantitative estimate of drug-likeness (QED) is 0.231. The van der Waals surface area contributed by atoms with Crippen LogP contribution in [0.5, 0.6) is 5.75 Å². The summed E-state index contributed by atoms with van der Waals surface area (Å²) in [7, 11) is 0. The highest BCUT2D eigenvalue weighted by molar-refractivity contribution is 5.76. The van der Waals surface area contributed by atoms with E-state index in [2.05, 4.69) is 66.2 Å². The van der Waals surface area contributed by atoms with Gasteiger partial charge in [-0.1, -0.05) is 48.5 Å². The Balaban J connectivity index is 1.23. The zero-order chi connectivity index (χ0) is 25.2. The van der Waals surface area contributed by atoms with Gasteiger partial charge in [0.15, 0.2) is 0 Å². The number of carbonyl (C=O) groups is 1. The van der Waals surface area contributed by atoms with Crippen LogP contribution in [0.3, 0.4) is 0 Å². The summed E-state index contributed by atoms with van der Waals surface area (Å²) in [5.41, 5.74) is 5.95. The van der Waals surface area contributed by atoms with Crippen molar-refractivity contribution in [3.05, 3.63) is 95.3 Å². The van der Waals surface area contributed by atoms with Crippen molar-refractivity contribution in [2.75, 3.05) is 13.2 Å². The van der Waals surface area contributed by atoms with Crippen LogP contribution in [0.15, 0.2) is 72.8 Å². The molecule has 36 heavy (non-hydrogen) atoms. The summed E-state index contributed by atoms with van der Waals surface area (Å²) in [4.78, 5) is 17.1. The number of ether oxygens (including phenoxy) is 1. The minimum Gasteiger partial charge on any atom is -0.494 e. The smallest absolute Gasteiger partial charge is 0.220 e. The molecule has 0 aliphatic carbocycles. The molecule has 1 aromatic heterocycles. The predicted molar refractivity (Wildman–Crippen MR) is 146 cm³/mol. The molecular formula is C31H37N3O2. The summed E-state index contributed by atoms with van der Waals surface area (Å²) in [6.45, 7) is 6.52. The van der Waals surface area contributed by atoms with E-state index < -0.39 is 0 Å². The summed E-state index contributed by atoms with van der Waals surface area (Å²) in [6, 6.07) is 24.7. The third kappa shape index (κ3) is 7.20. The maximum Gasteiger partial charge on any atom is 0.220 e. The number of nitrogens with zero attached hydrogens (tertiary/aromatic N) is 2. The van der Waals surface area contributed by atoms with Crippen molar-refractivity contribution in [3.8, 4) is 5.75 Å². The van der Waals surface area contributed by atoms with E-state index in [1.165, 1.54) is 22.2 Å². The number of hydrogen-bond donors (Lipinski definition) is 1. The first-order valence-corrected chi connectivity index (χ1v) is 13.0. The maximum absolute atomic E-state index is 12.2. The number of hydrogen-bond acceptors (Lipinski definition) is 3. The molecule has 188 valence electrons. The van der Waals surface area contributed by atoms with Crippen LogP contribution in [0.2, 0.25) is 0 Å². The third-order valence-corrected chi connectivity index (χ3v) is 6.64. The molecule has 5 nitrogen and oxygen atoms in total. The Hall–Kier alpha value is -3.60. The Labute approximate surface area is 214 Å². The van der Waals surface area contributed by atoms with Crippen molar-refractivity contribution in [1.29, 1.82) is 0 Å². The molecule has 0 fully saturated rings. The van der Waals surface area contributed by atoms with E-state index in [9.17, 15) is 4.79 Å². The Bertz CT molecular complexity index is 1260. The van der Waals surface area contributed by atoms with Gasteiger partial charge in [0, 0.05) is 25.9 Å². The topological polar surface area (TPSA) is 56.1 Å². The van der Waals surface area contributed by atoms with Gasteiger partial charge in [-0.3, -0.25) is 4.79 Å². The predicted octanol–water partition coefficient (Wildman–Crippen LogP) is 6.19. The number of imidazole rings is 1. The third-order valence-electron chi connectivity index (χ3n) is 6.64. The molecule has 4 rings (SSSR count). The van der Waals surface area contributed by atoms with Gasteiger partial charge in [-0.25, -0.2) is 4.98 Å². The zero-order valence-corrected chi connectivity index (χ0v) is 21.5. The number of amides is 1. The lowest BCUT2D eigenvalue weighted by atomic mass is 10.1. The van der Waals surface area contributed by atoms with E-state index in [0.717, 1.165) is 55.7 Å². The Morgan fingerprint density at radius 3 is 2.53 bits per heavy atom. The molecule has 1 amide bonds. The highest BCUT2D eigenvalue weighted by Gasteiger charge is 2.10. The van der Waals surface area contributed by atoms with Gasteiger partial charge in [-0.05, 0) is 80.5 Å². The first-order chi connectivity index (χ1) is 17.6. The van der Waals surface area contributed by atoms with E-state index >= 15 is 0 Å². The van der Waals surface area contributed by atoms with Crippen molar-refractivity contribution in [3.63, 3.8) is 0 Å². The molecule has 1 N–H and O–H groups in total. The number of rotatable bonds is 13. The average molecular weight is 484 g/mol. The minimum absolute atomic E-state index is 0.108. The van der Waals surface area contributed by atoms with Crippen molar-refractivity contribution in [2.45, 2.75) is 58.9 Å². The Morgan fingerprint density at radius 1 is 0.889 bits per heavy atom. The molecule has 0 saturated carbocycles. The van der Waals surface area contributed by atoms with E-state index in [0.29, 0.717) is 19.6 Å². The molecule has 0 aliphatic rings. The highest BCUT2D eigenvalue weighted by Crippen LogP contribution is 2.19. The van der Waals surface area contributed by atoms with Gasteiger partial charge in [0.2, 0.25) is 5.91 Å². The minimum atomic E-state index is 0.108. The molecule has 0 atom stereocenters.